The summed E-state index contributed by atoms with van der Waals surface area (Å²) in [6, 6.07) is 7.65. The number of carbonyl (C=O) groups excluding carboxylic acids is 2. The van der Waals surface area contributed by atoms with Crippen molar-refractivity contribution in [2.75, 3.05) is 39.1 Å². The Bertz CT molecular complexity index is 1400. The molecule has 3 aromatic rings. The van der Waals surface area contributed by atoms with Gasteiger partial charge in [-0.05, 0) is 36.8 Å². The minimum Gasteiger partial charge on any atom is -0.469 e. The van der Waals surface area contributed by atoms with Crippen LogP contribution in [0.2, 0.25) is 0 Å². The van der Waals surface area contributed by atoms with Crippen LogP contribution in [-0.2, 0) is 33.8 Å². The van der Waals surface area contributed by atoms with E-state index in [9.17, 15) is 14.4 Å². The SMILES string of the molecule is CCCCOc1nc(N)c2[nH]c(=O)n(CCC[C@@]3(N)CCN(CC(=O)NCc4ccc(CC(=O)OC)cc4)C3)c2n1. The minimum atomic E-state index is -0.450. The summed E-state index contributed by atoms with van der Waals surface area (Å²) in [5.41, 5.74) is 14.6. The lowest BCUT2D eigenvalue weighted by Gasteiger charge is -2.24. The molecule has 1 aliphatic rings. The number of nitrogens with two attached hydrogens (primary N) is 2. The van der Waals surface area contributed by atoms with Gasteiger partial charge in [0.05, 0.1) is 26.7 Å². The van der Waals surface area contributed by atoms with Gasteiger partial charge in [0, 0.05) is 31.7 Å². The summed E-state index contributed by atoms with van der Waals surface area (Å²) < 4.78 is 11.8. The zero-order chi connectivity index (χ0) is 29.4. The van der Waals surface area contributed by atoms with Crippen molar-refractivity contribution < 1.29 is 19.1 Å². The van der Waals surface area contributed by atoms with Crippen molar-refractivity contribution in [3.8, 4) is 6.01 Å². The Hall–Kier alpha value is -3.97. The highest BCUT2D eigenvalue weighted by Crippen LogP contribution is 2.24. The molecule has 13 nitrogen and oxygen atoms in total. The van der Waals surface area contributed by atoms with Gasteiger partial charge in [0.15, 0.2) is 11.5 Å². The Morgan fingerprint density at radius 2 is 1.93 bits per heavy atom. The third-order valence-corrected chi connectivity index (χ3v) is 7.34. The highest BCUT2D eigenvalue weighted by molar-refractivity contribution is 5.81. The van der Waals surface area contributed by atoms with Gasteiger partial charge in [-0.3, -0.25) is 19.1 Å². The number of aromatic nitrogens is 4. The number of anilines is 1. The lowest BCUT2D eigenvalue weighted by atomic mass is 9.94. The second-order valence-electron chi connectivity index (χ2n) is 10.6. The topological polar surface area (TPSA) is 183 Å². The van der Waals surface area contributed by atoms with E-state index < -0.39 is 5.54 Å². The first-order valence-electron chi connectivity index (χ1n) is 14.0. The molecule has 0 unspecified atom stereocenters. The van der Waals surface area contributed by atoms with E-state index in [4.69, 9.17) is 16.2 Å². The lowest BCUT2D eigenvalue weighted by molar-refractivity contribution is -0.139. The first-order chi connectivity index (χ1) is 19.7. The zero-order valence-corrected chi connectivity index (χ0v) is 23.8. The van der Waals surface area contributed by atoms with E-state index >= 15 is 0 Å². The van der Waals surface area contributed by atoms with Crippen molar-refractivity contribution in [2.45, 2.75) is 64.1 Å². The maximum absolute atomic E-state index is 12.6. The fourth-order valence-corrected chi connectivity index (χ4v) is 5.00. The highest BCUT2D eigenvalue weighted by atomic mass is 16.5. The molecule has 0 spiro atoms. The molecule has 1 aliphatic heterocycles. The van der Waals surface area contributed by atoms with E-state index in [1.807, 2.05) is 24.3 Å². The number of amides is 1. The number of benzene rings is 1. The lowest BCUT2D eigenvalue weighted by Crippen LogP contribution is -2.44. The molecular weight excluding hydrogens is 528 g/mol. The number of ether oxygens (including phenoxy) is 2. The largest absolute Gasteiger partial charge is 0.469 e. The van der Waals surface area contributed by atoms with Gasteiger partial charge >= 0.3 is 17.7 Å². The van der Waals surface area contributed by atoms with Crippen LogP contribution in [0.4, 0.5) is 5.82 Å². The first kappa shape index (κ1) is 30.0. The average Bonchev–Trinajstić information content (AvgIpc) is 3.47. The number of hydrogen-bond acceptors (Lipinski definition) is 10. The average molecular weight is 569 g/mol. The third kappa shape index (κ3) is 8.04. The van der Waals surface area contributed by atoms with Crippen LogP contribution in [-0.4, -0.2) is 75.2 Å². The molecule has 41 heavy (non-hydrogen) atoms. The normalized spacial score (nSPS) is 17.1. The number of likely N-dealkylation sites (tertiary alicyclic amines) is 1. The first-order valence-corrected chi connectivity index (χ1v) is 14.0. The monoisotopic (exact) mass is 568 g/mol. The van der Waals surface area contributed by atoms with Gasteiger partial charge in [0.1, 0.15) is 5.52 Å². The van der Waals surface area contributed by atoms with Crippen LogP contribution in [0.1, 0.15) is 50.2 Å². The van der Waals surface area contributed by atoms with Crippen molar-refractivity contribution in [3.05, 3.63) is 45.9 Å². The Kier molecular flexibility index (Phi) is 9.95. The smallest absolute Gasteiger partial charge is 0.327 e. The Balaban J connectivity index is 1.24. The molecule has 2 aromatic heterocycles. The molecule has 0 bridgehead atoms. The Morgan fingerprint density at radius 3 is 2.66 bits per heavy atom. The third-order valence-electron chi connectivity index (χ3n) is 7.34. The van der Waals surface area contributed by atoms with E-state index in [2.05, 4.69) is 36.8 Å². The summed E-state index contributed by atoms with van der Waals surface area (Å²) >= 11 is 0. The maximum Gasteiger partial charge on any atom is 0.327 e. The van der Waals surface area contributed by atoms with Gasteiger partial charge in [-0.2, -0.15) is 9.97 Å². The van der Waals surface area contributed by atoms with Gasteiger partial charge in [-0.15, -0.1) is 0 Å². The number of esters is 1. The molecule has 1 fully saturated rings. The van der Waals surface area contributed by atoms with Gasteiger partial charge in [0.2, 0.25) is 5.91 Å². The second kappa shape index (κ2) is 13.6. The van der Waals surface area contributed by atoms with Crippen molar-refractivity contribution >= 4 is 28.9 Å². The predicted molar refractivity (Wildman–Crippen MR) is 154 cm³/mol. The summed E-state index contributed by atoms with van der Waals surface area (Å²) in [7, 11) is 1.36. The number of nitrogens with one attached hydrogen (secondary N) is 2. The van der Waals surface area contributed by atoms with Gasteiger partial charge in [-0.25, -0.2) is 4.79 Å². The standard InChI is InChI=1S/C28H40N8O5/c1-3-4-14-41-26-33-24(29)23-25(34-26)36(27(39)32-23)12-5-10-28(30)11-13-35(18-28)17-21(37)31-16-20-8-6-19(7-9-20)15-22(38)40-2/h6-9H,3-5,10-18,30H2,1-2H3,(H,31,37)(H,32,39)(H2,29,33,34)/t28-/m1/s1. The van der Waals surface area contributed by atoms with Crippen molar-refractivity contribution in [1.29, 1.82) is 0 Å². The molecule has 13 heteroatoms. The minimum absolute atomic E-state index is 0.0764. The molecule has 1 atom stereocenters. The van der Waals surface area contributed by atoms with E-state index in [0.29, 0.717) is 50.2 Å². The summed E-state index contributed by atoms with van der Waals surface area (Å²) in [6.45, 7) is 4.94. The molecule has 6 N–H and O–H groups in total. The number of H-pyrrole nitrogens is 1. The number of aromatic amines is 1. The fraction of sp³-hybridized carbons (Fsp3) is 0.536. The number of fused-ring (bicyclic) bond motifs is 1. The number of methoxy groups -OCH3 is 1. The molecule has 1 saturated heterocycles. The summed E-state index contributed by atoms with van der Waals surface area (Å²) in [5.74, 6) is -0.193. The number of rotatable bonds is 14. The Morgan fingerprint density at radius 1 is 1.17 bits per heavy atom. The molecule has 1 aromatic carbocycles. The van der Waals surface area contributed by atoms with Crippen molar-refractivity contribution in [2.24, 2.45) is 5.73 Å². The van der Waals surface area contributed by atoms with E-state index in [-0.39, 0.29) is 42.4 Å². The van der Waals surface area contributed by atoms with Crippen molar-refractivity contribution in [3.63, 3.8) is 0 Å². The Labute approximate surface area is 238 Å². The summed E-state index contributed by atoms with van der Waals surface area (Å²) in [4.78, 5) is 50.0. The molecular formula is C28H40N8O5. The molecule has 222 valence electrons. The van der Waals surface area contributed by atoms with Crippen LogP contribution in [0.3, 0.4) is 0 Å². The number of nitrogen functional groups attached to an aromatic ring is 1. The van der Waals surface area contributed by atoms with Crippen LogP contribution >= 0.6 is 0 Å². The molecule has 4 rings (SSSR count). The predicted octanol–water partition coefficient (Wildman–Crippen LogP) is 1.10. The van der Waals surface area contributed by atoms with E-state index in [1.54, 1.807) is 4.57 Å². The van der Waals surface area contributed by atoms with Gasteiger partial charge in [0.25, 0.3) is 0 Å². The number of unbranched alkanes of at least 4 members (excludes halogenated alkanes) is 1. The number of carbonyl (C=O) groups is 2. The summed E-state index contributed by atoms with van der Waals surface area (Å²) in [5, 5.41) is 2.95. The number of nitrogens with zero attached hydrogens (tertiary/aromatic N) is 4. The summed E-state index contributed by atoms with van der Waals surface area (Å²) in [6.07, 6.45) is 4.16. The van der Waals surface area contributed by atoms with Gasteiger partial charge < -0.3 is 31.2 Å². The maximum atomic E-state index is 12.6. The second-order valence-corrected chi connectivity index (χ2v) is 10.6. The van der Waals surface area contributed by atoms with E-state index in [1.165, 1.54) is 7.11 Å². The van der Waals surface area contributed by atoms with Gasteiger partial charge in [-0.1, -0.05) is 37.6 Å². The molecule has 0 aliphatic carbocycles. The van der Waals surface area contributed by atoms with Crippen LogP contribution in [0.25, 0.3) is 11.2 Å². The zero-order valence-electron chi connectivity index (χ0n) is 23.8. The molecule has 1 amide bonds. The number of hydrogen-bond donors (Lipinski definition) is 4. The quantitative estimate of drug-likeness (QED) is 0.162. The highest BCUT2D eigenvalue weighted by Gasteiger charge is 2.34. The fourth-order valence-electron chi connectivity index (χ4n) is 5.00. The molecule has 3 heterocycles. The van der Waals surface area contributed by atoms with E-state index in [0.717, 1.165) is 36.9 Å². The van der Waals surface area contributed by atoms with Crippen LogP contribution in [0, 0.1) is 0 Å². The van der Waals surface area contributed by atoms with Crippen LogP contribution < -0.4 is 27.2 Å². The number of imidazole rings is 1. The van der Waals surface area contributed by atoms with Crippen LogP contribution in [0.5, 0.6) is 6.01 Å². The van der Waals surface area contributed by atoms with Crippen LogP contribution in [0.15, 0.2) is 29.1 Å². The number of aryl methyl sites for hydroxylation is 1. The van der Waals surface area contributed by atoms with Crippen molar-refractivity contribution in [1.82, 2.24) is 29.7 Å². The molecule has 0 saturated carbocycles. The molecule has 0 radical (unpaired) electrons.